The molecule has 18 heavy (non-hydrogen) atoms. The third kappa shape index (κ3) is 3.94. The molecule has 1 aromatic rings. The molecule has 0 saturated heterocycles. The van der Waals surface area contributed by atoms with Gasteiger partial charge in [-0.1, -0.05) is 13.0 Å². The first-order valence-electron chi connectivity index (χ1n) is 5.59. The maximum atomic E-state index is 12.6. The molecule has 0 heterocycles. The van der Waals surface area contributed by atoms with E-state index in [9.17, 15) is 13.2 Å². The molecule has 0 aromatic heterocycles. The number of rotatable bonds is 3. The first-order valence-corrected chi connectivity index (χ1v) is 5.59. The third-order valence-corrected chi connectivity index (χ3v) is 2.33. The van der Waals surface area contributed by atoms with Gasteiger partial charge >= 0.3 is 6.18 Å². The van der Waals surface area contributed by atoms with Crippen molar-refractivity contribution in [2.75, 3.05) is 11.9 Å². The molecule has 0 atom stereocenters. The highest BCUT2D eigenvalue weighted by Crippen LogP contribution is 2.31. The second-order valence-electron chi connectivity index (χ2n) is 3.92. The van der Waals surface area contributed by atoms with Crippen molar-refractivity contribution in [2.45, 2.75) is 26.4 Å². The molecule has 3 N–H and O–H groups in total. The van der Waals surface area contributed by atoms with Gasteiger partial charge in [-0.25, -0.2) is 0 Å². The van der Waals surface area contributed by atoms with E-state index in [2.05, 4.69) is 10.3 Å². The van der Waals surface area contributed by atoms with Gasteiger partial charge in [0.1, 0.15) is 0 Å². The van der Waals surface area contributed by atoms with Crippen molar-refractivity contribution in [3.05, 3.63) is 29.3 Å². The Balaban J connectivity index is 2.95. The molecule has 100 valence electrons. The Labute approximate surface area is 104 Å². The van der Waals surface area contributed by atoms with Gasteiger partial charge in [-0.05, 0) is 31.0 Å². The molecule has 0 fully saturated rings. The lowest BCUT2D eigenvalue weighted by Gasteiger charge is -2.12. The summed E-state index contributed by atoms with van der Waals surface area (Å²) in [5.41, 5.74) is 5.87. The van der Waals surface area contributed by atoms with Gasteiger partial charge in [0.15, 0.2) is 5.96 Å². The molecule has 0 aliphatic heterocycles. The Morgan fingerprint density at radius 3 is 2.61 bits per heavy atom. The molecule has 0 aliphatic carbocycles. The monoisotopic (exact) mass is 259 g/mol. The molecule has 0 radical (unpaired) electrons. The zero-order valence-electron chi connectivity index (χ0n) is 10.3. The Morgan fingerprint density at radius 1 is 1.39 bits per heavy atom. The number of aryl methyl sites for hydroxylation is 1. The summed E-state index contributed by atoms with van der Waals surface area (Å²) < 4.78 is 37.7. The molecule has 6 heteroatoms. The van der Waals surface area contributed by atoms with Crippen LogP contribution in [0.5, 0.6) is 0 Å². The number of nitrogens with one attached hydrogen (secondary N) is 1. The number of nitrogens with two attached hydrogens (primary N) is 1. The van der Waals surface area contributed by atoms with Gasteiger partial charge in [-0.3, -0.25) is 4.99 Å². The average Bonchev–Trinajstić information content (AvgIpc) is 2.28. The molecular formula is C12H16F3N3. The number of halogens is 3. The van der Waals surface area contributed by atoms with E-state index in [-0.39, 0.29) is 5.96 Å². The van der Waals surface area contributed by atoms with E-state index < -0.39 is 11.7 Å². The van der Waals surface area contributed by atoms with E-state index in [1.54, 1.807) is 6.92 Å². The van der Waals surface area contributed by atoms with Crippen LogP contribution in [-0.2, 0) is 6.18 Å². The zero-order chi connectivity index (χ0) is 13.8. The summed E-state index contributed by atoms with van der Waals surface area (Å²) in [5, 5.41) is 2.69. The number of hydrogen-bond acceptors (Lipinski definition) is 1. The summed E-state index contributed by atoms with van der Waals surface area (Å²) in [5.74, 6) is 0.124. The number of aliphatic imine (C=N–C) groups is 1. The summed E-state index contributed by atoms with van der Waals surface area (Å²) in [6, 6.07) is 3.47. The van der Waals surface area contributed by atoms with Crippen molar-refractivity contribution in [1.29, 1.82) is 0 Å². The summed E-state index contributed by atoms with van der Waals surface area (Å²) in [6.07, 6.45) is -3.54. The quantitative estimate of drug-likeness (QED) is 0.647. The van der Waals surface area contributed by atoms with Gasteiger partial charge in [0.25, 0.3) is 0 Å². The zero-order valence-corrected chi connectivity index (χ0v) is 10.3. The van der Waals surface area contributed by atoms with E-state index in [0.29, 0.717) is 17.8 Å². The van der Waals surface area contributed by atoms with Crippen molar-refractivity contribution in [3.8, 4) is 0 Å². The molecule has 0 bridgehead atoms. The smallest absolute Gasteiger partial charge is 0.370 e. The highest BCUT2D eigenvalue weighted by molar-refractivity contribution is 5.93. The van der Waals surface area contributed by atoms with Crippen LogP contribution < -0.4 is 11.1 Å². The predicted octanol–water partition coefficient (Wildman–Crippen LogP) is 3.15. The van der Waals surface area contributed by atoms with Crippen LogP contribution >= 0.6 is 0 Å². The van der Waals surface area contributed by atoms with Crippen LogP contribution in [0.15, 0.2) is 23.2 Å². The maximum Gasteiger partial charge on any atom is 0.416 e. The van der Waals surface area contributed by atoms with E-state index in [4.69, 9.17) is 5.73 Å². The van der Waals surface area contributed by atoms with Crippen LogP contribution in [0.1, 0.15) is 24.5 Å². The minimum atomic E-state index is -4.36. The fourth-order valence-corrected chi connectivity index (χ4v) is 1.34. The van der Waals surface area contributed by atoms with Crippen LogP contribution in [-0.4, -0.2) is 12.5 Å². The fraction of sp³-hybridized carbons (Fsp3) is 0.417. The SMILES string of the molecule is CCCN=C(N)Nc1cc(C(F)(F)F)ccc1C. The van der Waals surface area contributed by atoms with Gasteiger partial charge in [0.05, 0.1) is 5.56 Å². The first-order chi connectivity index (χ1) is 8.34. The van der Waals surface area contributed by atoms with Gasteiger partial charge in [-0.2, -0.15) is 13.2 Å². The van der Waals surface area contributed by atoms with E-state index in [1.165, 1.54) is 6.07 Å². The maximum absolute atomic E-state index is 12.6. The number of nitrogens with zero attached hydrogens (tertiary/aromatic N) is 1. The molecule has 0 aliphatic rings. The lowest BCUT2D eigenvalue weighted by atomic mass is 10.1. The Kier molecular flexibility index (Phi) is 4.58. The Bertz CT molecular complexity index is 439. The second kappa shape index (κ2) is 5.75. The van der Waals surface area contributed by atoms with Gasteiger partial charge < -0.3 is 11.1 Å². The summed E-state index contributed by atoms with van der Waals surface area (Å²) >= 11 is 0. The van der Waals surface area contributed by atoms with Crippen molar-refractivity contribution < 1.29 is 13.2 Å². The number of alkyl halides is 3. The average molecular weight is 259 g/mol. The minimum Gasteiger partial charge on any atom is -0.370 e. The van der Waals surface area contributed by atoms with E-state index >= 15 is 0 Å². The van der Waals surface area contributed by atoms with Crippen molar-refractivity contribution in [1.82, 2.24) is 0 Å². The minimum absolute atomic E-state index is 0.124. The van der Waals surface area contributed by atoms with Crippen LogP contribution in [0.2, 0.25) is 0 Å². The first kappa shape index (κ1) is 14.3. The highest BCUT2D eigenvalue weighted by Gasteiger charge is 2.30. The number of benzene rings is 1. The molecule has 0 spiro atoms. The van der Waals surface area contributed by atoms with Crippen molar-refractivity contribution in [3.63, 3.8) is 0 Å². The number of hydrogen-bond donors (Lipinski definition) is 2. The molecule has 1 aromatic carbocycles. The fourth-order valence-electron chi connectivity index (χ4n) is 1.34. The van der Waals surface area contributed by atoms with Gasteiger partial charge in [0.2, 0.25) is 0 Å². The summed E-state index contributed by atoms with van der Waals surface area (Å²) in [4.78, 5) is 3.97. The molecule has 3 nitrogen and oxygen atoms in total. The van der Waals surface area contributed by atoms with Crippen LogP contribution in [0.4, 0.5) is 18.9 Å². The topological polar surface area (TPSA) is 50.4 Å². The van der Waals surface area contributed by atoms with Crippen LogP contribution in [0, 0.1) is 6.92 Å². The summed E-state index contributed by atoms with van der Waals surface area (Å²) in [6.45, 7) is 4.18. The molecule has 0 unspecified atom stereocenters. The largest absolute Gasteiger partial charge is 0.416 e. The molecule has 0 saturated carbocycles. The number of anilines is 1. The van der Waals surface area contributed by atoms with Crippen LogP contribution in [0.3, 0.4) is 0 Å². The second-order valence-corrected chi connectivity index (χ2v) is 3.92. The van der Waals surface area contributed by atoms with Crippen molar-refractivity contribution >= 4 is 11.6 Å². The van der Waals surface area contributed by atoms with Crippen molar-refractivity contribution in [2.24, 2.45) is 10.7 Å². The molecular weight excluding hydrogens is 243 g/mol. The molecule has 1 rings (SSSR count). The van der Waals surface area contributed by atoms with Gasteiger partial charge in [0, 0.05) is 12.2 Å². The van der Waals surface area contributed by atoms with E-state index in [0.717, 1.165) is 18.6 Å². The standard InChI is InChI=1S/C12H16F3N3/c1-3-6-17-11(16)18-10-7-9(12(13,14)15)5-4-8(10)2/h4-5,7H,3,6H2,1-2H3,(H3,16,17,18). The van der Waals surface area contributed by atoms with Gasteiger partial charge in [-0.15, -0.1) is 0 Å². The normalized spacial score (nSPS) is 12.6. The van der Waals surface area contributed by atoms with Crippen LogP contribution in [0.25, 0.3) is 0 Å². The Morgan fingerprint density at radius 2 is 2.06 bits per heavy atom. The predicted molar refractivity (Wildman–Crippen MR) is 66.6 cm³/mol. The molecule has 0 amide bonds. The lowest BCUT2D eigenvalue weighted by molar-refractivity contribution is -0.137. The number of guanidine groups is 1. The highest BCUT2D eigenvalue weighted by atomic mass is 19.4. The van der Waals surface area contributed by atoms with E-state index in [1.807, 2.05) is 6.92 Å². The Hall–Kier alpha value is -1.72. The lowest BCUT2D eigenvalue weighted by Crippen LogP contribution is -2.23. The summed E-state index contributed by atoms with van der Waals surface area (Å²) in [7, 11) is 0. The third-order valence-electron chi connectivity index (χ3n) is 2.33.